The van der Waals surface area contributed by atoms with E-state index in [2.05, 4.69) is 15.9 Å². The Hall–Kier alpha value is -1.04. The number of halogens is 4. The monoisotopic (exact) mass is 310 g/mol. The van der Waals surface area contributed by atoms with E-state index >= 15 is 0 Å². The average Bonchev–Trinajstić information content (AvgIpc) is 2.15. The number of ether oxygens (including phenoxy) is 1. The quantitative estimate of drug-likeness (QED) is 0.787. The van der Waals surface area contributed by atoms with Gasteiger partial charge in [0, 0.05) is 4.47 Å². The molecular formula is C11H10BrF3O2. The zero-order valence-corrected chi connectivity index (χ0v) is 10.8. The van der Waals surface area contributed by atoms with Crippen LogP contribution in [0.1, 0.15) is 29.8 Å². The molecule has 0 radical (unpaired) electrons. The van der Waals surface area contributed by atoms with Gasteiger partial charge in [-0.1, -0.05) is 15.9 Å². The minimum absolute atomic E-state index is 0.0672. The molecule has 17 heavy (non-hydrogen) atoms. The van der Waals surface area contributed by atoms with E-state index < -0.39 is 17.5 Å². The molecule has 0 aliphatic heterocycles. The number of benzene rings is 1. The third-order valence-electron chi connectivity index (χ3n) is 2.05. The standard InChI is InChI=1S/C11H10BrF3O2/c1-3-17-10-5-9(12)8(11(13,14)15)4-7(10)6(2)16/h4-5H,3H2,1-2H3. The maximum absolute atomic E-state index is 12.6. The molecule has 2 nitrogen and oxygen atoms in total. The van der Waals surface area contributed by atoms with E-state index in [9.17, 15) is 18.0 Å². The van der Waals surface area contributed by atoms with Gasteiger partial charge in [-0.25, -0.2) is 0 Å². The summed E-state index contributed by atoms with van der Waals surface area (Å²) in [5.74, 6) is -0.314. The molecule has 0 saturated carbocycles. The van der Waals surface area contributed by atoms with E-state index in [1.54, 1.807) is 6.92 Å². The lowest BCUT2D eigenvalue weighted by Gasteiger charge is -2.14. The molecule has 0 spiro atoms. The van der Waals surface area contributed by atoms with E-state index in [0.717, 1.165) is 6.07 Å². The molecule has 0 bridgehead atoms. The van der Waals surface area contributed by atoms with Gasteiger partial charge in [-0.15, -0.1) is 0 Å². The molecule has 94 valence electrons. The van der Waals surface area contributed by atoms with E-state index in [1.165, 1.54) is 13.0 Å². The molecule has 1 aromatic carbocycles. The molecule has 0 fully saturated rings. The maximum atomic E-state index is 12.6. The number of hydrogen-bond donors (Lipinski definition) is 0. The molecular weight excluding hydrogens is 301 g/mol. The number of ketones is 1. The largest absolute Gasteiger partial charge is 0.493 e. The van der Waals surface area contributed by atoms with Gasteiger partial charge >= 0.3 is 6.18 Å². The SMILES string of the molecule is CCOc1cc(Br)c(C(F)(F)F)cc1C(C)=O. The van der Waals surface area contributed by atoms with Crippen molar-refractivity contribution in [3.8, 4) is 5.75 Å². The third kappa shape index (κ3) is 3.21. The van der Waals surface area contributed by atoms with Gasteiger partial charge in [-0.05, 0) is 26.0 Å². The lowest BCUT2D eigenvalue weighted by atomic mass is 10.1. The fourth-order valence-electron chi connectivity index (χ4n) is 1.32. The molecule has 0 aliphatic carbocycles. The van der Waals surface area contributed by atoms with Gasteiger partial charge in [-0.3, -0.25) is 4.79 Å². The Bertz CT molecular complexity index is 441. The normalized spacial score (nSPS) is 11.4. The van der Waals surface area contributed by atoms with E-state index in [0.29, 0.717) is 0 Å². The van der Waals surface area contributed by atoms with Crippen molar-refractivity contribution >= 4 is 21.7 Å². The second-order valence-corrected chi connectivity index (χ2v) is 4.17. The zero-order valence-electron chi connectivity index (χ0n) is 9.19. The van der Waals surface area contributed by atoms with Crippen molar-refractivity contribution in [1.82, 2.24) is 0 Å². The first-order valence-corrected chi connectivity index (χ1v) is 5.61. The van der Waals surface area contributed by atoms with Gasteiger partial charge in [0.1, 0.15) is 5.75 Å². The molecule has 0 N–H and O–H groups in total. The smallest absolute Gasteiger partial charge is 0.417 e. The van der Waals surface area contributed by atoms with Crippen molar-refractivity contribution in [3.63, 3.8) is 0 Å². The van der Waals surface area contributed by atoms with Crippen molar-refractivity contribution in [1.29, 1.82) is 0 Å². The summed E-state index contributed by atoms with van der Waals surface area (Å²) in [7, 11) is 0. The van der Waals surface area contributed by atoms with Crippen LogP contribution in [0.15, 0.2) is 16.6 Å². The highest BCUT2D eigenvalue weighted by Crippen LogP contribution is 2.38. The summed E-state index contributed by atoms with van der Waals surface area (Å²) in [6.45, 7) is 3.17. The topological polar surface area (TPSA) is 26.3 Å². The highest BCUT2D eigenvalue weighted by Gasteiger charge is 2.34. The van der Waals surface area contributed by atoms with Crippen molar-refractivity contribution in [2.75, 3.05) is 6.61 Å². The van der Waals surface area contributed by atoms with E-state index in [1.807, 2.05) is 0 Å². The predicted octanol–water partition coefficient (Wildman–Crippen LogP) is 4.07. The second-order valence-electron chi connectivity index (χ2n) is 3.32. The first-order chi connectivity index (χ1) is 7.77. The van der Waals surface area contributed by atoms with Crippen LogP contribution in [0.4, 0.5) is 13.2 Å². The minimum atomic E-state index is -4.51. The molecule has 0 atom stereocenters. The fourth-order valence-corrected chi connectivity index (χ4v) is 1.87. The molecule has 0 aliphatic rings. The molecule has 0 heterocycles. The Morgan fingerprint density at radius 2 is 2.00 bits per heavy atom. The van der Waals surface area contributed by atoms with Crippen LogP contribution >= 0.6 is 15.9 Å². The van der Waals surface area contributed by atoms with Crippen molar-refractivity contribution in [2.45, 2.75) is 20.0 Å². The van der Waals surface area contributed by atoms with Crippen LogP contribution in [-0.4, -0.2) is 12.4 Å². The number of carbonyl (C=O) groups is 1. The maximum Gasteiger partial charge on any atom is 0.417 e. The van der Waals surface area contributed by atoms with Crippen molar-refractivity contribution in [3.05, 3.63) is 27.7 Å². The lowest BCUT2D eigenvalue weighted by Crippen LogP contribution is -2.09. The summed E-state index contributed by atoms with van der Waals surface area (Å²) in [6.07, 6.45) is -4.51. The number of hydrogen-bond acceptors (Lipinski definition) is 2. The Morgan fingerprint density at radius 3 is 2.41 bits per heavy atom. The van der Waals surface area contributed by atoms with Gasteiger partial charge < -0.3 is 4.74 Å². The van der Waals surface area contributed by atoms with Gasteiger partial charge in [-0.2, -0.15) is 13.2 Å². The Kier molecular flexibility index (Phi) is 4.19. The Labute approximate surface area is 105 Å². The third-order valence-corrected chi connectivity index (χ3v) is 2.71. The minimum Gasteiger partial charge on any atom is -0.493 e. The zero-order chi connectivity index (χ0) is 13.2. The first kappa shape index (κ1) is 14.0. The summed E-state index contributed by atoms with van der Waals surface area (Å²) in [6, 6.07) is 1.97. The van der Waals surface area contributed by atoms with Crippen molar-refractivity contribution < 1.29 is 22.7 Å². The van der Waals surface area contributed by atoms with E-state index in [-0.39, 0.29) is 22.4 Å². The molecule has 0 aromatic heterocycles. The number of Topliss-reactive ketones (excluding diaryl/α,β-unsaturated/α-hetero) is 1. The molecule has 6 heteroatoms. The lowest BCUT2D eigenvalue weighted by molar-refractivity contribution is -0.138. The highest BCUT2D eigenvalue weighted by molar-refractivity contribution is 9.10. The van der Waals surface area contributed by atoms with Crippen LogP contribution in [0.25, 0.3) is 0 Å². The summed E-state index contributed by atoms with van der Waals surface area (Å²) in [5, 5.41) is 0. The average molecular weight is 311 g/mol. The highest BCUT2D eigenvalue weighted by atomic mass is 79.9. The summed E-state index contributed by atoms with van der Waals surface area (Å²) < 4.78 is 42.9. The summed E-state index contributed by atoms with van der Waals surface area (Å²) in [5.41, 5.74) is -0.950. The molecule has 0 unspecified atom stereocenters. The number of alkyl halides is 3. The van der Waals surface area contributed by atoms with Crippen LogP contribution in [0.2, 0.25) is 0 Å². The van der Waals surface area contributed by atoms with Gasteiger partial charge in [0.15, 0.2) is 5.78 Å². The predicted molar refractivity (Wildman–Crippen MR) is 60.3 cm³/mol. The van der Waals surface area contributed by atoms with Crippen LogP contribution in [0.5, 0.6) is 5.75 Å². The number of rotatable bonds is 3. The molecule has 1 aromatic rings. The van der Waals surface area contributed by atoms with Crippen LogP contribution in [0, 0.1) is 0 Å². The number of carbonyl (C=O) groups excluding carboxylic acids is 1. The fraction of sp³-hybridized carbons (Fsp3) is 0.364. The molecule has 0 amide bonds. The summed E-state index contributed by atoms with van der Waals surface area (Å²) >= 11 is 2.82. The van der Waals surface area contributed by atoms with Gasteiger partial charge in [0.05, 0.1) is 17.7 Å². The van der Waals surface area contributed by atoms with E-state index in [4.69, 9.17) is 4.74 Å². The van der Waals surface area contributed by atoms with Crippen molar-refractivity contribution in [2.24, 2.45) is 0 Å². The Morgan fingerprint density at radius 1 is 1.41 bits per heavy atom. The summed E-state index contributed by atoms with van der Waals surface area (Å²) in [4.78, 5) is 11.3. The molecule has 1 rings (SSSR count). The van der Waals surface area contributed by atoms with Gasteiger partial charge in [0.2, 0.25) is 0 Å². The first-order valence-electron chi connectivity index (χ1n) is 4.81. The molecule has 0 saturated heterocycles. The Balaban J connectivity index is 3.40. The van der Waals surface area contributed by atoms with Crippen LogP contribution in [-0.2, 0) is 6.18 Å². The van der Waals surface area contributed by atoms with Crippen LogP contribution < -0.4 is 4.74 Å². The van der Waals surface area contributed by atoms with Crippen LogP contribution in [0.3, 0.4) is 0 Å². The second kappa shape index (κ2) is 5.08. The van der Waals surface area contributed by atoms with Gasteiger partial charge in [0.25, 0.3) is 0 Å².